The first-order chi connectivity index (χ1) is 14.2. The lowest BCUT2D eigenvalue weighted by Gasteiger charge is -2.20. The zero-order valence-electron chi connectivity index (χ0n) is 18.3. The van der Waals surface area contributed by atoms with Gasteiger partial charge in [-0.2, -0.15) is 0 Å². The minimum absolute atomic E-state index is 0.00134. The summed E-state index contributed by atoms with van der Waals surface area (Å²) in [5.41, 5.74) is 2.60. The van der Waals surface area contributed by atoms with E-state index < -0.39 is 0 Å². The Morgan fingerprint density at radius 1 is 0.833 bits per heavy atom. The number of Topliss-reactive ketones (excluding diaryl/α,β-unsaturated/α-hetero) is 1. The van der Waals surface area contributed by atoms with Crippen molar-refractivity contribution in [3.63, 3.8) is 0 Å². The van der Waals surface area contributed by atoms with Gasteiger partial charge in [-0.1, -0.05) is 35.9 Å². The Balaban J connectivity index is 1.91. The molecule has 0 saturated heterocycles. The summed E-state index contributed by atoms with van der Waals surface area (Å²) in [4.78, 5) is 12.7. The van der Waals surface area contributed by atoms with E-state index in [1.807, 2.05) is 83.1 Å². The van der Waals surface area contributed by atoms with Crippen LogP contribution in [0, 0.1) is 13.8 Å². The second-order valence-electron chi connectivity index (χ2n) is 8.47. The number of carbonyl (C=O) groups is 1. The molecule has 0 spiro atoms. The zero-order chi connectivity index (χ0) is 21.7. The Bertz CT molecular complexity index is 1020. The molecule has 0 bridgehead atoms. The van der Waals surface area contributed by atoms with Gasteiger partial charge in [0, 0.05) is 11.1 Å². The summed E-state index contributed by atoms with van der Waals surface area (Å²) >= 11 is 0. The van der Waals surface area contributed by atoms with Crippen molar-refractivity contribution < 1.29 is 14.3 Å². The molecule has 0 amide bonds. The van der Waals surface area contributed by atoms with Crippen molar-refractivity contribution in [2.45, 2.75) is 40.2 Å². The fraction of sp³-hybridized carbons (Fsp3) is 0.269. The van der Waals surface area contributed by atoms with Gasteiger partial charge in [0.1, 0.15) is 11.5 Å². The van der Waals surface area contributed by atoms with Crippen molar-refractivity contribution in [3.8, 4) is 23.0 Å². The van der Waals surface area contributed by atoms with Gasteiger partial charge in [0.05, 0.1) is 6.54 Å². The molecule has 0 heterocycles. The number of rotatable bonds is 7. The van der Waals surface area contributed by atoms with Crippen LogP contribution in [-0.2, 0) is 0 Å². The Morgan fingerprint density at radius 2 is 1.53 bits per heavy atom. The molecule has 3 aromatic rings. The zero-order valence-corrected chi connectivity index (χ0v) is 18.3. The van der Waals surface area contributed by atoms with Gasteiger partial charge >= 0.3 is 0 Å². The molecule has 0 aromatic heterocycles. The van der Waals surface area contributed by atoms with Crippen molar-refractivity contribution in [1.82, 2.24) is 5.32 Å². The number of benzene rings is 3. The maximum atomic E-state index is 12.7. The highest BCUT2D eigenvalue weighted by Crippen LogP contribution is 2.36. The van der Waals surface area contributed by atoms with Gasteiger partial charge in [-0.3, -0.25) is 4.79 Å². The van der Waals surface area contributed by atoms with Crippen LogP contribution >= 0.6 is 0 Å². The number of hydrogen-bond acceptors (Lipinski definition) is 4. The lowest BCUT2D eigenvalue weighted by atomic mass is 10.1. The summed E-state index contributed by atoms with van der Waals surface area (Å²) < 4.78 is 12.2. The Morgan fingerprint density at radius 3 is 2.20 bits per heavy atom. The van der Waals surface area contributed by atoms with E-state index in [0.717, 1.165) is 16.9 Å². The Kier molecular flexibility index (Phi) is 6.58. The number of ether oxygens (including phenoxy) is 2. The SMILES string of the molecule is Cc1ccc(Oc2ccc(C(=O)CNC(C)(C)C)cc2Oc2ccccc2C)cc1. The first-order valence-corrected chi connectivity index (χ1v) is 10.1. The minimum Gasteiger partial charge on any atom is -0.453 e. The topological polar surface area (TPSA) is 47.6 Å². The van der Waals surface area contributed by atoms with Gasteiger partial charge in [-0.25, -0.2) is 0 Å². The molecule has 0 aliphatic carbocycles. The molecule has 0 saturated carbocycles. The predicted molar refractivity (Wildman–Crippen MR) is 121 cm³/mol. The Hall–Kier alpha value is -3.11. The van der Waals surface area contributed by atoms with Crippen LogP contribution in [0.5, 0.6) is 23.0 Å². The Labute approximate surface area is 178 Å². The molecular weight excluding hydrogens is 374 g/mol. The van der Waals surface area contributed by atoms with Gasteiger partial charge < -0.3 is 14.8 Å². The molecule has 0 aliphatic heterocycles. The lowest BCUT2D eigenvalue weighted by Crippen LogP contribution is -2.39. The molecule has 30 heavy (non-hydrogen) atoms. The van der Waals surface area contributed by atoms with Crippen molar-refractivity contribution >= 4 is 5.78 Å². The molecule has 3 rings (SSSR count). The summed E-state index contributed by atoms with van der Waals surface area (Å²) in [6, 6.07) is 20.9. The molecule has 0 unspecified atom stereocenters. The van der Waals surface area contributed by atoms with Crippen molar-refractivity contribution in [3.05, 3.63) is 83.4 Å². The quantitative estimate of drug-likeness (QED) is 0.460. The van der Waals surface area contributed by atoms with Gasteiger partial charge in [0.15, 0.2) is 17.3 Å². The maximum Gasteiger partial charge on any atom is 0.176 e. The molecule has 0 aliphatic rings. The third kappa shape index (κ3) is 5.94. The summed E-state index contributed by atoms with van der Waals surface area (Å²) in [5.74, 6) is 2.50. The highest BCUT2D eigenvalue weighted by molar-refractivity contribution is 5.98. The van der Waals surface area contributed by atoms with E-state index in [4.69, 9.17) is 9.47 Å². The molecule has 1 N–H and O–H groups in total. The smallest absolute Gasteiger partial charge is 0.176 e. The standard InChI is InChI=1S/C26H29NO3/c1-18-10-13-21(14-11-18)29-24-15-12-20(22(28)17-27-26(3,4)5)16-25(24)30-23-9-7-6-8-19(23)2/h6-16,27H,17H2,1-5H3. The molecule has 4 nitrogen and oxygen atoms in total. The monoisotopic (exact) mass is 403 g/mol. The number of para-hydroxylation sites is 1. The van der Waals surface area contributed by atoms with Crippen molar-refractivity contribution in [2.75, 3.05) is 6.54 Å². The average Bonchev–Trinajstić information content (AvgIpc) is 2.70. The van der Waals surface area contributed by atoms with Gasteiger partial charge in [0.25, 0.3) is 0 Å². The van der Waals surface area contributed by atoms with Crippen LogP contribution in [-0.4, -0.2) is 17.9 Å². The van der Waals surface area contributed by atoms with Crippen molar-refractivity contribution in [2.24, 2.45) is 0 Å². The first-order valence-electron chi connectivity index (χ1n) is 10.1. The van der Waals surface area contributed by atoms with E-state index in [9.17, 15) is 4.79 Å². The van der Waals surface area contributed by atoms with Crippen LogP contribution in [0.1, 0.15) is 42.3 Å². The van der Waals surface area contributed by atoms with Crippen LogP contribution in [0.15, 0.2) is 66.7 Å². The molecule has 3 aromatic carbocycles. The highest BCUT2D eigenvalue weighted by Gasteiger charge is 2.16. The van der Waals surface area contributed by atoms with Crippen LogP contribution in [0.3, 0.4) is 0 Å². The minimum atomic E-state index is -0.134. The third-order valence-electron chi connectivity index (χ3n) is 4.61. The molecule has 0 radical (unpaired) electrons. The second-order valence-corrected chi connectivity index (χ2v) is 8.47. The molecule has 0 atom stereocenters. The van der Waals surface area contributed by atoms with Gasteiger partial charge in [-0.15, -0.1) is 0 Å². The highest BCUT2D eigenvalue weighted by atomic mass is 16.5. The van der Waals surface area contributed by atoms with E-state index in [-0.39, 0.29) is 17.9 Å². The summed E-state index contributed by atoms with van der Waals surface area (Å²) in [5, 5.41) is 3.24. The largest absolute Gasteiger partial charge is 0.453 e. The molecular formula is C26H29NO3. The first kappa shape index (κ1) is 21.6. The third-order valence-corrected chi connectivity index (χ3v) is 4.61. The fourth-order valence-electron chi connectivity index (χ4n) is 2.82. The average molecular weight is 404 g/mol. The molecule has 0 fully saturated rings. The van der Waals surface area contributed by atoms with E-state index in [2.05, 4.69) is 5.32 Å². The van der Waals surface area contributed by atoms with Gasteiger partial charge in [0.2, 0.25) is 0 Å². The number of aryl methyl sites for hydroxylation is 2. The van der Waals surface area contributed by atoms with Crippen LogP contribution < -0.4 is 14.8 Å². The lowest BCUT2D eigenvalue weighted by molar-refractivity contribution is 0.0981. The molecule has 156 valence electrons. The summed E-state index contributed by atoms with van der Waals surface area (Å²) in [6.45, 7) is 10.4. The number of carbonyl (C=O) groups excluding carboxylic acids is 1. The normalized spacial score (nSPS) is 11.2. The molecule has 4 heteroatoms. The van der Waals surface area contributed by atoms with E-state index in [0.29, 0.717) is 22.8 Å². The van der Waals surface area contributed by atoms with Crippen LogP contribution in [0.25, 0.3) is 0 Å². The summed E-state index contributed by atoms with van der Waals surface area (Å²) in [7, 11) is 0. The van der Waals surface area contributed by atoms with E-state index in [1.54, 1.807) is 18.2 Å². The number of ketones is 1. The summed E-state index contributed by atoms with van der Waals surface area (Å²) in [6.07, 6.45) is 0. The van der Waals surface area contributed by atoms with Crippen LogP contribution in [0.2, 0.25) is 0 Å². The van der Waals surface area contributed by atoms with Gasteiger partial charge in [-0.05, 0) is 76.6 Å². The number of hydrogen-bond donors (Lipinski definition) is 1. The van der Waals surface area contributed by atoms with E-state index in [1.165, 1.54) is 0 Å². The van der Waals surface area contributed by atoms with Crippen LogP contribution in [0.4, 0.5) is 0 Å². The fourth-order valence-corrected chi connectivity index (χ4v) is 2.82. The van der Waals surface area contributed by atoms with E-state index >= 15 is 0 Å². The maximum absolute atomic E-state index is 12.7. The van der Waals surface area contributed by atoms with Crippen molar-refractivity contribution in [1.29, 1.82) is 0 Å². The predicted octanol–water partition coefficient (Wildman–Crippen LogP) is 6.46. The number of nitrogens with one attached hydrogen (secondary N) is 1. The second kappa shape index (κ2) is 9.14.